The predicted molar refractivity (Wildman–Crippen MR) is 79.4 cm³/mol. The van der Waals surface area contributed by atoms with E-state index in [0.717, 1.165) is 7.11 Å². The number of methoxy groups -OCH3 is 1. The summed E-state index contributed by atoms with van der Waals surface area (Å²) in [5.41, 5.74) is -1.55. The summed E-state index contributed by atoms with van der Waals surface area (Å²) in [5.74, 6) is -0.799. The van der Waals surface area contributed by atoms with Gasteiger partial charge >= 0.3 is 130 Å². The third kappa shape index (κ3) is 7.32. The Morgan fingerprint density at radius 1 is 0.857 bits per heavy atom. The molecule has 0 unspecified atom stereocenters. The molecule has 7 heteroatoms. The molecule has 0 aromatic rings. The minimum absolute atomic E-state index is 0.173. The van der Waals surface area contributed by atoms with Crippen LogP contribution in [-0.4, -0.2) is 48.4 Å². The Morgan fingerprint density at radius 2 is 1.19 bits per heavy atom. The summed E-state index contributed by atoms with van der Waals surface area (Å²) in [4.78, 5) is 36.0. The molecule has 0 aliphatic carbocycles. The van der Waals surface area contributed by atoms with Crippen LogP contribution in [0.5, 0.6) is 0 Å². The third-order valence-corrected chi connectivity index (χ3v) is 5.27. The van der Waals surface area contributed by atoms with Crippen molar-refractivity contribution >= 4 is 30.1 Å². The van der Waals surface area contributed by atoms with Gasteiger partial charge in [-0.1, -0.05) is 0 Å². The summed E-state index contributed by atoms with van der Waals surface area (Å²) in [5, 5.41) is 0. The Kier molecular flexibility index (Phi) is 6.68. The summed E-state index contributed by atoms with van der Waals surface area (Å²) in [6.07, 6.45) is 0. The van der Waals surface area contributed by atoms with Gasteiger partial charge in [-0.3, -0.25) is 0 Å². The van der Waals surface area contributed by atoms with Crippen molar-refractivity contribution < 1.29 is 28.6 Å². The molecule has 0 heterocycles. The zero-order valence-electron chi connectivity index (χ0n) is 13.6. The van der Waals surface area contributed by atoms with Crippen LogP contribution in [0.25, 0.3) is 0 Å². The van der Waals surface area contributed by atoms with Crippen LogP contribution in [0.15, 0.2) is 10.9 Å². The van der Waals surface area contributed by atoms with Crippen molar-refractivity contribution in [3.63, 3.8) is 0 Å². The molecule has 0 amide bonds. The second-order valence-electron chi connectivity index (χ2n) is 6.23. The first kappa shape index (κ1) is 19.7. The van der Waals surface area contributed by atoms with Crippen LogP contribution in [0.2, 0.25) is 0 Å². The van der Waals surface area contributed by atoms with Crippen LogP contribution in [0, 0.1) is 0 Å². The molecule has 0 aromatic carbocycles. The fourth-order valence-corrected chi connectivity index (χ4v) is 4.46. The Balaban J connectivity index is 5.38. The normalized spacial score (nSPS) is 11.8. The van der Waals surface area contributed by atoms with Crippen molar-refractivity contribution in [1.82, 2.24) is 0 Å². The first-order chi connectivity index (χ1) is 9.28. The van der Waals surface area contributed by atoms with Gasteiger partial charge in [-0.15, -0.1) is 0 Å². The number of rotatable bonds is 4. The summed E-state index contributed by atoms with van der Waals surface area (Å²) >= 11 is -3.26. The van der Waals surface area contributed by atoms with Crippen LogP contribution < -0.4 is 0 Å². The van der Waals surface area contributed by atoms with Crippen molar-refractivity contribution in [1.29, 1.82) is 0 Å². The average molecular weight is 362 g/mol. The number of esters is 1. The van der Waals surface area contributed by atoms with Crippen molar-refractivity contribution in [3.8, 4) is 0 Å². The first-order valence-corrected chi connectivity index (χ1v) is 9.13. The van der Waals surface area contributed by atoms with Crippen LogP contribution in [0.4, 0.5) is 9.59 Å². The number of carbonyl (C=O) groups excluding carboxylic acids is 3. The van der Waals surface area contributed by atoms with E-state index < -0.39 is 41.3 Å². The molecule has 0 bridgehead atoms. The average Bonchev–Trinajstić information content (AvgIpc) is 2.22. The molecule has 21 heavy (non-hydrogen) atoms. The van der Waals surface area contributed by atoms with Gasteiger partial charge in [-0.05, 0) is 0 Å². The van der Waals surface area contributed by atoms with E-state index in [1.165, 1.54) is 0 Å². The number of hydrogen-bond donors (Lipinski definition) is 0. The molecule has 0 rings (SSSR count). The van der Waals surface area contributed by atoms with E-state index in [4.69, 9.17) is 9.47 Å². The standard InChI is InChI=1S/C14H23AsO6/c1-9(10(16)19-8)15(11(17)20-13(2,3)4)12(18)21-14(5,6)7/h1H2,2-8H3. The Hall–Kier alpha value is -1.29. The second kappa shape index (κ2) is 7.12. The maximum absolute atomic E-state index is 12.2. The van der Waals surface area contributed by atoms with Gasteiger partial charge in [0.25, 0.3) is 0 Å². The van der Waals surface area contributed by atoms with Gasteiger partial charge in [-0.2, -0.15) is 0 Å². The van der Waals surface area contributed by atoms with E-state index in [1.54, 1.807) is 41.5 Å². The molecule has 0 radical (unpaired) electrons. The van der Waals surface area contributed by atoms with E-state index in [-0.39, 0.29) is 4.36 Å². The molecule has 0 saturated heterocycles. The molecule has 0 aromatic heterocycles. The zero-order valence-corrected chi connectivity index (χ0v) is 15.5. The maximum atomic E-state index is 12.2. The van der Waals surface area contributed by atoms with E-state index in [1.807, 2.05) is 0 Å². The molecule has 0 atom stereocenters. The molecule has 0 aliphatic heterocycles. The van der Waals surface area contributed by atoms with Gasteiger partial charge in [0.15, 0.2) is 0 Å². The Bertz CT molecular complexity index is 413. The predicted octanol–water partition coefficient (Wildman–Crippen LogP) is 2.78. The number of carbonyl (C=O) groups is 3. The molecule has 0 saturated carbocycles. The monoisotopic (exact) mass is 362 g/mol. The second-order valence-corrected chi connectivity index (χ2v) is 10.3. The van der Waals surface area contributed by atoms with Gasteiger partial charge < -0.3 is 0 Å². The van der Waals surface area contributed by atoms with Gasteiger partial charge in [0, 0.05) is 0 Å². The molecule has 0 spiro atoms. The summed E-state index contributed by atoms with van der Waals surface area (Å²) in [6.45, 7) is 13.6. The van der Waals surface area contributed by atoms with E-state index >= 15 is 0 Å². The SMILES string of the molecule is C=C(C(=O)OC)[As](C(=O)OC(C)(C)C)C(=O)OC(C)(C)C. The number of ether oxygens (including phenoxy) is 3. The zero-order chi connectivity index (χ0) is 17.0. The van der Waals surface area contributed by atoms with Gasteiger partial charge in [-0.25, -0.2) is 0 Å². The van der Waals surface area contributed by atoms with Crippen molar-refractivity contribution in [2.75, 3.05) is 7.11 Å². The van der Waals surface area contributed by atoms with Gasteiger partial charge in [0.2, 0.25) is 0 Å². The van der Waals surface area contributed by atoms with Crippen molar-refractivity contribution in [2.45, 2.75) is 52.7 Å². The minimum atomic E-state index is -3.26. The fourth-order valence-electron chi connectivity index (χ4n) is 1.12. The molecular weight excluding hydrogens is 339 g/mol. The van der Waals surface area contributed by atoms with E-state index in [9.17, 15) is 14.4 Å². The molecular formula is C14H23AsO6. The van der Waals surface area contributed by atoms with Crippen LogP contribution in [0.3, 0.4) is 0 Å². The quantitative estimate of drug-likeness (QED) is 0.331. The van der Waals surface area contributed by atoms with Crippen molar-refractivity contribution in [2.24, 2.45) is 0 Å². The Morgan fingerprint density at radius 3 is 1.43 bits per heavy atom. The number of hydrogen-bond acceptors (Lipinski definition) is 6. The fraction of sp³-hybridized carbons (Fsp3) is 0.643. The molecule has 0 fully saturated rings. The summed E-state index contributed by atoms with van der Waals surface area (Å²) in [7, 11) is 1.16. The van der Waals surface area contributed by atoms with Gasteiger partial charge in [0.05, 0.1) is 0 Å². The first-order valence-electron chi connectivity index (χ1n) is 6.32. The Labute approximate surface area is 130 Å². The van der Waals surface area contributed by atoms with Crippen LogP contribution >= 0.6 is 0 Å². The summed E-state index contributed by atoms with van der Waals surface area (Å²) < 4.78 is 13.3. The third-order valence-electron chi connectivity index (χ3n) is 1.84. The van der Waals surface area contributed by atoms with E-state index in [0.29, 0.717) is 0 Å². The molecule has 6 nitrogen and oxygen atoms in total. The van der Waals surface area contributed by atoms with Crippen LogP contribution in [0.1, 0.15) is 41.5 Å². The topological polar surface area (TPSA) is 78.9 Å². The molecule has 120 valence electrons. The summed E-state index contributed by atoms with van der Waals surface area (Å²) in [6, 6.07) is 0. The van der Waals surface area contributed by atoms with Crippen molar-refractivity contribution in [3.05, 3.63) is 10.9 Å². The molecule has 0 N–H and O–H groups in total. The molecule has 0 aliphatic rings. The van der Waals surface area contributed by atoms with Crippen LogP contribution in [-0.2, 0) is 19.0 Å². The van der Waals surface area contributed by atoms with E-state index in [2.05, 4.69) is 11.3 Å². The van der Waals surface area contributed by atoms with Gasteiger partial charge in [0.1, 0.15) is 0 Å².